The number of nitrogens with zero attached hydrogens (tertiary/aromatic N) is 3. The SMILES string of the molecule is C=CCSc1ncnc2c1sc1nc(C)cc(C)c12. The van der Waals surface area contributed by atoms with Crippen LogP contribution in [0.15, 0.2) is 30.1 Å². The molecule has 0 aliphatic heterocycles. The minimum Gasteiger partial charge on any atom is -0.242 e. The molecule has 0 N–H and O–H groups in total. The van der Waals surface area contributed by atoms with E-state index in [4.69, 9.17) is 0 Å². The third-order valence-corrected chi connectivity index (χ3v) is 5.05. The van der Waals surface area contributed by atoms with Crippen LogP contribution in [0.25, 0.3) is 20.4 Å². The topological polar surface area (TPSA) is 38.7 Å². The highest BCUT2D eigenvalue weighted by molar-refractivity contribution is 7.99. The summed E-state index contributed by atoms with van der Waals surface area (Å²) >= 11 is 3.36. The lowest BCUT2D eigenvalue weighted by Gasteiger charge is -1.99. The van der Waals surface area contributed by atoms with Crippen LogP contribution in [0.2, 0.25) is 0 Å². The van der Waals surface area contributed by atoms with Crippen LogP contribution in [0.1, 0.15) is 11.3 Å². The molecule has 0 spiro atoms. The van der Waals surface area contributed by atoms with Gasteiger partial charge < -0.3 is 0 Å². The van der Waals surface area contributed by atoms with Gasteiger partial charge in [0.15, 0.2) is 0 Å². The molecule has 3 aromatic rings. The van der Waals surface area contributed by atoms with Crippen LogP contribution in [0, 0.1) is 13.8 Å². The molecule has 96 valence electrons. The fourth-order valence-electron chi connectivity index (χ4n) is 2.13. The molecule has 0 bridgehead atoms. The van der Waals surface area contributed by atoms with Gasteiger partial charge in [-0.3, -0.25) is 0 Å². The Morgan fingerprint density at radius 2 is 2.21 bits per heavy atom. The number of pyridine rings is 1. The van der Waals surface area contributed by atoms with Crippen LogP contribution in [0.3, 0.4) is 0 Å². The monoisotopic (exact) mass is 287 g/mol. The molecule has 0 atom stereocenters. The van der Waals surface area contributed by atoms with Crippen LogP contribution in [-0.4, -0.2) is 20.7 Å². The van der Waals surface area contributed by atoms with E-state index in [2.05, 4.69) is 34.5 Å². The summed E-state index contributed by atoms with van der Waals surface area (Å²) < 4.78 is 1.13. The highest BCUT2D eigenvalue weighted by Crippen LogP contribution is 2.37. The fraction of sp³-hybridized carbons (Fsp3) is 0.214. The van der Waals surface area contributed by atoms with Crippen LogP contribution in [0.4, 0.5) is 0 Å². The predicted molar refractivity (Wildman–Crippen MR) is 83.1 cm³/mol. The number of aryl methyl sites for hydroxylation is 2. The largest absolute Gasteiger partial charge is 0.242 e. The van der Waals surface area contributed by atoms with E-state index in [1.165, 1.54) is 5.56 Å². The Balaban J connectivity index is 2.33. The van der Waals surface area contributed by atoms with E-state index < -0.39 is 0 Å². The van der Waals surface area contributed by atoms with Gasteiger partial charge in [-0.05, 0) is 25.5 Å². The van der Waals surface area contributed by atoms with E-state index in [0.717, 1.165) is 36.9 Å². The third-order valence-electron chi connectivity index (χ3n) is 2.86. The predicted octanol–water partition coefficient (Wildman–Crippen LogP) is 4.13. The Labute approximate surface area is 119 Å². The normalized spacial score (nSPS) is 11.3. The van der Waals surface area contributed by atoms with Gasteiger partial charge in [0, 0.05) is 16.8 Å². The van der Waals surface area contributed by atoms with Crippen molar-refractivity contribution in [1.82, 2.24) is 15.0 Å². The zero-order valence-corrected chi connectivity index (χ0v) is 12.4. The van der Waals surface area contributed by atoms with Crippen molar-refractivity contribution in [2.24, 2.45) is 0 Å². The average Bonchev–Trinajstić information content (AvgIpc) is 2.74. The first-order valence-electron chi connectivity index (χ1n) is 5.96. The Kier molecular flexibility index (Phi) is 3.24. The van der Waals surface area contributed by atoms with Crippen LogP contribution in [-0.2, 0) is 0 Å². The molecule has 0 amide bonds. The molecule has 0 radical (unpaired) electrons. The molecule has 19 heavy (non-hydrogen) atoms. The van der Waals surface area contributed by atoms with E-state index in [1.54, 1.807) is 29.4 Å². The van der Waals surface area contributed by atoms with Gasteiger partial charge >= 0.3 is 0 Å². The molecule has 3 aromatic heterocycles. The summed E-state index contributed by atoms with van der Waals surface area (Å²) in [6.07, 6.45) is 3.53. The summed E-state index contributed by atoms with van der Waals surface area (Å²) in [6, 6.07) is 2.10. The molecular formula is C14H13N3S2. The fourth-order valence-corrected chi connectivity index (χ4v) is 4.19. The van der Waals surface area contributed by atoms with Crippen molar-refractivity contribution in [3.8, 4) is 0 Å². The lowest BCUT2D eigenvalue weighted by Crippen LogP contribution is -1.86. The maximum Gasteiger partial charge on any atom is 0.126 e. The van der Waals surface area contributed by atoms with E-state index in [9.17, 15) is 0 Å². The average molecular weight is 287 g/mol. The van der Waals surface area contributed by atoms with Crippen LogP contribution in [0.5, 0.6) is 0 Å². The number of hydrogen-bond acceptors (Lipinski definition) is 5. The quantitative estimate of drug-likeness (QED) is 0.412. The van der Waals surface area contributed by atoms with Gasteiger partial charge in [0.1, 0.15) is 16.2 Å². The molecular weight excluding hydrogens is 274 g/mol. The molecule has 0 fully saturated rings. The van der Waals surface area contributed by atoms with Gasteiger partial charge in [0.25, 0.3) is 0 Å². The van der Waals surface area contributed by atoms with Crippen molar-refractivity contribution in [2.75, 3.05) is 5.75 Å². The second-order valence-corrected chi connectivity index (χ2v) is 6.33. The minimum atomic E-state index is 0.853. The van der Waals surface area contributed by atoms with Crippen LogP contribution >= 0.6 is 23.1 Å². The Morgan fingerprint density at radius 1 is 1.37 bits per heavy atom. The summed E-state index contributed by atoms with van der Waals surface area (Å²) in [5.41, 5.74) is 3.29. The summed E-state index contributed by atoms with van der Waals surface area (Å²) in [5.74, 6) is 0.853. The van der Waals surface area contributed by atoms with Gasteiger partial charge in [0.2, 0.25) is 0 Å². The highest BCUT2D eigenvalue weighted by atomic mass is 32.2. The molecule has 3 rings (SSSR count). The number of aromatic nitrogens is 3. The second kappa shape index (κ2) is 4.90. The van der Waals surface area contributed by atoms with Crippen molar-refractivity contribution >= 4 is 43.5 Å². The number of thiophene rings is 1. The van der Waals surface area contributed by atoms with E-state index in [-0.39, 0.29) is 0 Å². The lowest BCUT2D eigenvalue weighted by molar-refractivity contribution is 1.11. The summed E-state index contributed by atoms with van der Waals surface area (Å²) in [6.45, 7) is 7.89. The van der Waals surface area contributed by atoms with Crippen molar-refractivity contribution in [3.63, 3.8) is 0 Å². The lowest BCUT2D eigenvalue weighted by atomic mass is 10.1. The third kappa shape index (κ3) is 2.13. The molecule has 0 saturated carbocycles. The first-order valence-corrected chi connectivity index (χ1v) is 7.76. The highest BCUT2D eigenvalue weighted by Gasteiger charge is 2.14. The zero-order valence-electron chi connectivity index (χ0n) is 10.8. The van der Waals surface area contributed by atoms with Crippen molar-refractivity contribution < 1.29 is 0 Å². The second-order valence-electron chi connectivity index (χ2n) is 4.32. The Bertz CT molecular complexity index is 777. The molecule has 3 heterocycles. The molecule has 5 heteroatoms. The smallest absolute Gasteiger partial charge is 0.126 e. The molecule has 0 unspecified atom stereocenters. The molecule has 0 aromatic carbocycles. The summed E-state index contributed by atoms with van der Waals surface area (Å²) in [5, 5.41) is 2.18. The van der Waals surface area contributed by atoms with Gasteiger partial charge in [-0.15, -0.1) is 29.7 Å². The number of thioether (sulfide) groups is 1. The van der Waals surface area contributed by atoms with Crippen molar-refractivity contribution in [3.05, 3.63) is 36.3 Å². The maximum absolute atomic E-state index is 4.62. The number of rotatable bonds is 3. The van der Waals surface area contributed by atoms with Gasteiger partial charge in [-0.2, -0.15) is 0 Å². The molecule has 0 aliphatic carbocycles. The van der Waals surface area contributed by atoms with Crippen molar-refractivity contribution in [2.45, 2.75) is 18.9 Å². The first kappa shape index (κ1) is 12.6. The Morgan fingerprint density at radius 3 is 3.00 bits per heavy atom. The number of fused-ring (bicyclic) bond motifs is 3. The van der Waals surface area contributed by atoms with Gasteiger partial charge in [-0.1, -0.05) is 6.08 Å². The summed E-state index contributed by atoms with van der Waals surface area (Å²) in [4.78, 5) is 14.5. The maximum atomic E-state index is 4.62. The van der Waals surface area contributed by atoms with E-state index >= 15 is 0 Å². The zero-order chi connectivity index (χ0) is 13.4. The van der Waals surface area contributed by atoms with E-state index in [1.807, 2.05) is 13.0 Å². The van der Waals surface area contributed by atoms with Crippen LogP contribution < -0.4 is 0 Å². The molecule has 3 nitrogen and oxygen atoms in total. The number of hydrogen-bond donors (Lipinski definition) is 0. The van der Waals surface area contributed by atoms with Gasteiger partial charge in [-0.25, -0.2) is 15.0 Å². The minimum absolute atomic E-state index is 0.853. The van der Waals surface area contributed by atoms with E-state index in [0.29, 0.717) is 0 Å². The molecule has 0 saturated heterocycles. The van der Waals surface area contributed by atoms with Gasteiger partial charge in [0.05, 0.1) is 10.2 Å². The standard InChI is InChI=1S/C14H13N3S2/c1-4-5-18-14-12-11(15-7-16-14)10-8(2)6-9(3)17-13(10)19-12/h4,6-7H,1,5H2,2-3H3. The van der Waals surface area contributed by atoms with Crippen molar-refractivity contribution in [1.29, 1.82) is 0 Å². The first-order chi connectivity index (χ1) is 9.20. The Hall–Kier alpha value is -1.46. The molecule has 0 aliphatic rings. The summed E-state index contributed by atoms with van der Waals surface area (Å²) in [7, 11) is 0.